The molecular weight excluding hydrogens is 262 g/mol. The van der Waals surface area contributed by atoms with Crippen LogP contribution in [0.5, 0.6) is 5.75 Å². The molecule has 0 bridgehead atoms. The number of aryl methyl sites for hydroxylation is 1. The van der Waals surface area contributed by atoms with E-state index in [4.69, 9.17) is 4.74 Å². The first-order valence-electron chi connectivity index (χ1n) is 6.48. The average molecular weight is 285 g/mol. The molecule has 19 heavy (non-hydrogen) atoms. The first-order valence-corrected chi connectivity index (χ1v) is 8.30. The zero-order chi connectivity index (χ0) is 14.5. The van der Waals surface area contributed by atoms with E-state index in [1.54, 1.807) is 14.0 Å². The van der Waals surface area contributed by atoms with E-state index < -0.39 is 9.84 Å². The summed E-state index contributed by atoms with van der Waals surface area (Å²) in [4.78, 5) is 0. The van der Waals surface area contributed by atoms with Crippen LogP contribution < -0.4 is 10.1 Å². The van der Waals surface area contributed by atoms with E-state index in [0.29, 0.717) is 6.54 Å². The van der Waals surface area contributed by atoms with Crippen LogP contribution in [0.1, 0.15) is 31.0 Å². The zero-order valence-corrected chi connectivity index (χ0v) is 12.9. The van der Waals surface area contributed by atoms with Gasteiger partial charge >= 0.3 is 0 Å². The van der Waals surface area contributed by atoms with Gasteiger partial charge in [0.2, 0.25) is 0 Å². The van der Waals surface area contributed by atoms with Gasteiger partial charge in [0.25, 0.3) is 0 Å². The number of ether oxygens (including phenoxy) is 1. The van der Waals surface area contributed by atoms with Crippen molar-refractivity contribution < 1.29 is 13.2 Å². The Hall–Kier alpha value is -1.07. The molecule has 1 aromatic rings. The molecule has 1 rings (SSSR count). The van der Waals surface area contributed by atoms with Crippen LogP contribution in [-0.4, -0.2) is 33.6 Å². The van der Waals surface area contributed by atoms with Crippen molar-refractivity contribution in [2.45, 2.75) is 26.8 Å². The van der Waals surface area contributed by atoms with E-state index in [1.807, 2.05) is 32.0 Å². The molecule has 0 aliphatic carbocycles. The van der Waals surface area contributed by atoms with E-state index in [0.717, 1.165) is 16.9 Å². The molecule has 0 spiro atoms. The molecule has 1 atom stereocenters. The first kappa shape index (κ1) is 16.0. The number of hydrogen-bond donors (Lipinski definition) is 1. The fourth-order valence-corrected chi connectivity index (χ4v) is 2.58. The van der Waals surface area contributed by atoms with Crippen LogP contribution in [0.25, 0.3) is 0 Å². The number of benzene rings is 1. The largest absolute Gasteiger partial charge is 0.496 e. The molecular formula is C14H23NO3S. The maximum Gasteiger partial charge on any atom is 0.151 e. The van der Waals surface area contributed by atoms with Crippen molar-refractivity contribution >= 4 is 9.84 Å². The lowest BCUT2D eigenvalue weighted by molar-refractivity contribution is 0.402. The van der Waals surface area contributed by atoms with Gasteiger partial charge in [0.05, 0.1) is 12.9 Å². The Labute approximate surface area is 116 Å². The maximum absolute atomic E-state index is 11.4. The van der Waals surface area contributed by atoms with E-state index >= 15 is 0 Å². The molecule has 0 radical (unpaired) electrons. The number of nitrogens with one attached hydrogen (secondary N) is 1. The van der Waals surface area contributed by atoms with Crippen molar-refractivity contribution in [3.05, 3.63) is 29.3 Å². The second-order valence-corrected chi connectivity index (χ2v) is 7.13. The fourth-order valence-electron chi connectivity index (χ4n) is 1.86. The second kappa shape index (κ2) is 6.91. The third-order valence-corrected chi connectivity index (χ3v) is 4.86. The molecule has 4 nitrogen and oxygen atoms in total. The molecule has 0 saturated carbocycles. The monoisotopic (exact) mass is 285 g/mol. The lowest BCUT2D eigenvalue weighted by atomic mass is 10.1. The van der Waals surface area contributed by atoms with E-state index in [1.165, 1.54) is 0 Å². The van der Waals surface area contributed by atoms with Crippen LogP contribution in [0.4, 0.5) is 0 Å². The predicted octanol–water partition coefficient (Wildman–Crippen LogP) is 2.09. The molecule has 108 valence electrons. The van der Waals surface area contributed by atoms with Gasteiger partial charge in [-0.15, -0.1) is 0 Å². The molecule has 1 N–H and O–H groups in total. The highest BCUT2D eigenvalue weighted by atomic mass is 32.2. The molecule has 0 aliphatic heterocycles. The minimum absolute atomic E-state index is 0.0580. The predicted molar refractivity (Wildman–Crippen MR) is 78.5 cm³/mol. The maximum atomic E-state index is 11.4. The highest BCUT2D eigenvalue weighted by molar-refractivity contribution is 7.91. The van der Waals surface area contributed by atoms with Gasteiger partial charge in [-0.3, -0.25) is 0 Å². The normalized spacial score (nSPS) is 13.3. The first-order chi connectivity index (χ1) is 8.89. The Bertz CT molecular complexity index is 511. The summed E-state index contributed by atoms with van der Waals surface area (Å²) >= 11 is 0. The highest BCUT2D eigenvalue weighted by Crippen LogP contribution is 2.25. The minimum Gasteiger partial charge on any atom is -0.496 e. The summed E-state index contributed by atoms with van der Waals surface area (Å²) in [5, 5.41) is 3.22. The molecule has 0 fully saturated rings. The van der Waals surface area contributed by atoms with Crippen LogP contribution in [0, 0.1) is 6.92 Å². The SMILES string of the molecule is CCS(=O)(=O)CCNC(C)c1ccc(C)cc1OC. The number of sulfone groups is 1. The Morgan fingerprint density at radius 1 is 1.37 bits per heavy atom. The fraction of sp³-hybridized carbons (Fsp3) is 0.571. The zero-order valence-electron chi connectivity index (χ0n) is 12.1. The van der Waals surface area contributed by atoms with Crippen LogP contribution in [-0.2, 0) is 9.84 Å². The highest BCUT2D eigenvalue weighted by Gasteiger charge is 2.13. The Morgan fingerprint density at radius 3 is 2.63 bits per heavy atom. The Balaban J connectivity index is 2.66. The number of rotatable bonds is 7. The van der Waals surface area contributed by atoms with Crippen LogP contribution in [0.2, 0.25) is 0 Å². The second-order valence-electron chi connectivity index (χ2n) is 4.66. The van der Waals surface area contributed by atoms with E-state index in [-0.39, 0.29) is 17.5 Å². The lowest BCUT2D eigenvalue weighted by Gasteiger charge is -2.17. The van der Waals surface area contributed by atoms with Gasteiger partial charge in [-0.2, -0.15) is 0 Å². The molecule has 0 heterocycles. The third-order valence-electron chi connectivity index (χ3n) is 3.16. The topological polar surface area (TPSA) is 55.4 Å². The van der Waals surface area contributed by atoms with E-state index in [9.17, 15) is 8.42 Å². The summed E-state index contributed by atoms with van der Waals surface area (Å²) in [5.74, 6) is 1.19. The van der Waals surface area contributed by atoms with Gasteiger partial charge in [-0.25, -0.2) is 8.42 Å². The van der Waals surface area contributed by atoms with Gasteiger partial charge in [-0.05, 0) is 25.5 Å². The summed E-state index contributed by atoms with van der Waals surface area (Å²) in [6, 6.07) is 6.08. The molecule has 0 aliphatic rings. The third kappa shape index (κ3) is 4.84. The van der Waals surface area contributed by atoms with Crippen molar-refractivity contribution in [2.75, 3.05) is 25.2 Å². The summed E-state index contributed by atoms with van der Waals surface area (Å²) < 4.78 is 28.2. The van der Waals surface area contributed by atoms with Crippen molar-refractivity contribution in [3.8, 4) is 5.75 Å². The Morgan fingerprint density at radius 2 is 2.05 bits per heavy atom. The number of methoxy groups -OCH3 is 1. The standard InChI is InChI=1S/C14H23NO3S/c1-5-19(16,17)9-8-15-12(3)13-7-6-11(2)10-14(13)18-4/h6-7,10,12,15H,5,8-9H2,1-4H3. The summed E-state index contributed by atoms with van der Waals surface area (Å²) in [6.07, 6.45) is 0. The molecule has 5 heteroatoms. The molecule has 0 saturated heterocycles. The van der Waals surface area contributed by atoms with Gasteiger partial charge in [-0.1, -0.05) is 19.1 Å². The van der Waals surface area contributed by atoms with Crippen molar-refractivity contribution in [1.82, 2.24) is 5.32 Å². The average Bonchev–Trinajstić information content (AvgIpc) is 2.38. The molecule has 0 aromatic heterocycles. The van der Waals surface area contributed by atoms with Crippen LogP contribution in [0.15, 0.2) is 18.2 Å². The van der Waals surface area contributed by atoms with E-state index in [2.05, 4.69) is 5.32 Å². The molecule has 0 amide bonds. The van der Waals surface area contributed by atoms with Crippen molar-refractivity contribution in [2.24, 2.45) is 0 Å². The van der Waals surface area contributed by atoms with Crippen LogP contribution in [0.3, 0.4) is 0 Å². The lowest BCUT2D eigenvalue weighted by Crippen LogP contribution is -2.26. The molecule has 1 aromatic carbocycles. The van der Waals surface area contributed by atoms with Crippen LogP contribution >= 0.6 is 0 Å². The van der Waals surface area contributed by atoms with Crippen molar-refractivity contribution in [1.29, 1.82) is 0 Å². The number of hydrogen-bond acceptors (Lipinski definition) is 4. The smallest absolute Gasteiger partial charge is 0.151 e. The molecule has 1 unspecified atom stereocenters. The Kier molecular flexibility index (Phi) is 5.82. The summed E-state index contributed by atoms with van der Waals surface area (Å²) in [6.45, 7) is 6.14. The van der Waals surface area contributed by atoms with Gasteiger partial charge in [0.1, 0.15) is 5.75 Å². The summed E-state index contributed by atoms with van der Waals surface area (Å²) in [5.41, 5.74) is 2.18. The quantitative estimate of drug-likeness (QED) is 0.833. The van der Waals surface area contributed by atoms with Gasteiger partial charge in [0.15, 0.2) is 9.84 Å². The summed E-state index contributed by atoms with van der Waals surface area (Å²) in [7, 11) is -1.27. The van der Waals surface area contributed by atoms with Gasteiger partial charge < -0.3 is 10.1 Å². The van der Waals surface area contributed by atoms with Gasteiger partial charge in [0, 0.05) is 23.9 Å². The minimum atomic E-state index is -2.91. The van der Waals surface area contributed by atoms with Crippen molar-refractivity contribution in [3.63, 3.8) is 0 Å².